The molecule has 0 atom stereocenters. The number of amides is 1. The number of methoxy groups -OCH3 is 1. The van der Waals surface area contributed by atoms with Crippen molar-refractivity contribution in [3.05, 3.63) is 33.7 Å². The van der Waals surface area contributed by atoms with E-state index in [0.717, 1.165) is 18.5 Å². The highest BCUT2D eigenvalue weighted by molar-refractivity contribution is 5.94. The van der Waals surface area contributed by atoms with Crippen molar-refractivity contribution in [1.82, 2.24) is 9.88 Å². The fraction of sp³-hybridized carbons (Fsp3) is 0.600. The predicted molar refractivity (Wildman–Crippen MR) is 79.1 cm³/mol. The van der Waals surface area contributed by atoms with Crippen molar-refractivity contribution < 1.29 is 9.53 Å². The molecule has 0 radical (unpaired) electrons. The number of nitrogens with one attached hydrogen (secondary N) is 1. The minimum Gasteiger partial charge on any atom is -0.383 e. The third kappa shape index (κ3) is 3.93. The summed E-state index contributed by atoms with van der Waals surface area (Å²) in [6.07, 6.45) is 3.22. The number of H-pyrrole nitrogens is 1. The molecule has 0 saturated carbocycles. The van der Waals surface area contributed by atoms with Gasteiger partial charge >= 0.3 is 0 Å². The number of carbonyl (C=O) groups excluding carboxylic acids is 1. The van der Waals surface area contributed by atoms with Crippen LogP contribution >= 0.6 is 0 Å². The van der Waals surface area contributed by atoms with E-state index >= 15 is 0 Å². The van der Waals surface area contributed by atoms with Crippen LogP contribution in [0.25, 0.3) is 0 Å². The van der Waals surface area contributed by atoms with Crippen LogP contribution in [-0.2, 0) is 4.74 Å². The van der Waals surface area contributed by atoms with Gasteiger partial charge in [0.15, 0.2) is 5.43 Å². The molecule has 1 aromatic heterocycles. The van der Waals surface area contributed by atoms with Crippen molar-refractivity contribution in [3.8, 4) is 0 Å². The summed E-state index contributed by atoms with van der Waals surface area (Å²) in [5.74, 6) is -0.225. The smallest absolute Gasteiger partial charge is 0.259 e. The Labute approximate surface area is 119 Å². The summed E-state index contributed by atoms with van der Waals surface area (Å²) in [6.45, 7) is 6.83. The number of aromatic amines is 1. The van der Waals surface area contributed by atoms with E-state index in [9.17, 15) is 9.59 Å². The Kier molecular flexibility index (Phi) is 6.45. The van der Waals surface area contributed by atoms with Gasteiger partial charge in [0, 0.05) is 37.7 Å². The number of pyridine rings is 1. The summed E-state index contributed by atoms with van der Waals surface area (Å²) >= 11 is 0. The normalized spacial score (nSPS) is 10.8. The zero-order valence-electron chi connectivity index (χ0n) is 12.7. The van der Waals surface area contributed by atoms with Gasteiger partial charge in [-0.1, -0.05) is 13.8 Å². The third-order valence-corrected chi connectivity index (χ3v) is 3.47. The molecule has 0 aliphatic rings. The molecule has 0 spiro atoms. The van der Waals surface area contributed by atoms with Crippen LogP contribution in [0.4, 0.5) is 0 Å². The standard InChI is InChI=1S/C15H24N2O3/c1-5-12(6-2)17(7-8-20-4)15(19)13-10-16-11(3)9-14(13)18/h9-10,12H,5-8H2,1-4H3,(H,16,18). The lowest BCUT2D eigenvalue weighted by molar-refractivity contribution is 0.0588. The number of aryl methyl sites for hydroxylation is 1. The van der Waals surface area contributed by atoms with E-state index in [1.54, 1.807) is 18.9 Å². The van der Waals surface area contributed by atoms with Crippen molar-refractivity contribution in [1.29, 1.82) is 0 Å². The number of carbonyl (C=O) groups is 1. The van der Waals surface area contributed by atoms with Gasteiger partial charge in [0.05, 0.1) is 6.61 Å². The average Bonchev–Trinajstić information content (AvgIpc) is 2.43. The Bertz CT molecular complexity index is 492. The lowest BCUT2D eigenvalue weighted by atomic mass is 10.1. The third-order valence-electron chi connectivity index (χ3n) is 3.47. The molecular weight excluding hydrogens is 256 g/mol. The van der Waals surface area contributed by atoms with Gasteiger partial charge in [0.1, 0.15) is 5.56 Å². The quantitative estimate of drug-likeness (QED) is 0.830. The first kappa shape index (κ1) is 16.4. The van der Waals surface area contributed by atoms with Gasteiger partial charge in [-0.3, -0.25) is 9.59 Å². The van der Waals surface area contributed by atoms with Gasteiger partial charge < -0.3 is 14.6 Å². The summed E-state index contributed by atoms with van der Waals surface area (Å²) in [4.78, 5) is 29.2. The fourth-order valence-corrected chi connectivity index (χ4v) is 2.26. The lowest BCUT2D eigenvalue weighted by Gasteiger charge is -2.30. The van der Waals surface area contributed by atoms with E-state index in [-0.39, 0.29) is 22.9 Å². The lowest BCUT2D eigenvalue weighted by Crippen LogP contribution is -2.43. The van der Waals surface area contributed by atoms with Crippen molar-refractivity contribution in [2.24, 2.45) is 0 Å². The Hall–Kier alpha value is -1.62. The number of hydrogen-bond donors (Lipinski definition) is 1. The monoisotopic (exact) mass is 280 g/mol. The second kappa shape index (κ2) is 7.85. The fourth-order valence-electron chi connectivity index (χ4n) is 2.26. The van der Waals surface area contributed by atoms with Crippen LogP contribution in [0.2, 0.25) is 0 Å². The van der Waals surface area contributed by atoms with Crippen LogP contribution < -0.4 is 5.43 Å². The topological polar surface area (TPSA) is 62.4 Å². The molecule has 0 aliphatic carbocycles. The molecule has 1 aromatic rings. The van der Waals surface area contributed by atoms with Gasteiger partial charge in [-0.2, -0.15) is 0 Å². The molecule has 0 fully saturated rings. The molecule has 1 rings (SSSR count). The molecule has 1 heterocycles. The first-order chi connectivity index (χ1) is 9.54. The van der Waals surface area contributed by atoms with Crippen LogP contribution in [0.15, 0.2) is 17.1 Å². The summed E-state index contributed by atoms with van der Waals surface area (Å²) < 4.78 is 5.07. The minimum absolute atomic E-state index is 0.123. The van der Waals surface area contributed by atoms with Gasteiger partial charge in [-0.15, -0.1) is 0 Å². The highest BCUT2D eigenvalue weighted by Gasteiger charge is 2.23. The van der Waals surface area contributed by atoms with Crippen LogP contribution in [0.1, 0.15) is 42.7 Å². The molecule has 5 nitrogen and oxygen atoms in total. The Morgan fingerprint density at radius 3 is 2.55 bits per heavy atom. The molecule has 0 bridgehead atoms. The van der Waals surface area contributed by atoms with E-state index < -0.39 is 0 Å². The highest BCUT2D eigenvalue weighted by Crippen LogP contribution is 2.12. The zero-order valence-corrected chi connectivity index (χ0v) is 12.7. The molecule has 20 heavy (non-hydrogen) atoms. The molecule has 112 valence electrons. The molecular formula is C15H24N2O3. The van der Waals surface area contributed by atoms with Crippen LogP contribution in [-0.4, -0.2) is 42.1 Å². The zero-order chi connectivity index (χ0) is 15.1. The van der Waals surface area contributed by atoms with Crippen molar-refractivity contribution >= 4 is 5.91 Å². The molecule has 1 N–H and O–H groups in total. The van der Waals surface area contributed by atoms with Crippen molar-refractivity contribution in [3.63, 3.8) is 0 Å². The van der Waals surface area contributed by atoms with E-state index in [2.05, 4.69) is 4.98 Å². The second-order valence-electron chi connectivity index (χ2n) is 4.86. The molecule has 0 aliphatic heterocycles. The first-order valence-corrected chi connectivity index (χ1v) is 7.04. The molecule has 0 aromatic carbocycles. The van der Waals surface area contributed by atoms with Crippen LogP contribution in [0, 0.1) is 6.92 Å². The number of aromatic nitrogens is 1. The largest absolute Gasteiger partial charge is 0.383 e. The van der Waals surface area contributed by atoms with Crippen LogP contribution in [0.5, 0.6) is 0 Å². The second-order valence-corrected chi connectivity index (χ2v) is 4.86. The molecule has 5 heteroatoms. The SMILES string of the molecule is CCC(CC)N(CCOC)C(=O)c1c[nH]c(C)cc1=O. The van der Waals surface area contributed by atoms with E-state index in [4.69, 9.17) is 4.74 Å². The minimum atomic E-state index is -0.236. The van der Waals surface area contributed by atoms with Gasteiger partial charge in [0.25, 0.3) is 5.91 Å². The number of hydrogen-bond acceptors (Lipinski definition) is 3. The van der Waals surface area contributed by atoms with Gasteiger partial charge in [-0.05, 0) is 19.8 Å². The van der Waals surface area contributed by atoms with Crippen molar-refractivity contribution in [2.75, 3.05) is 20.3 Å². The predicted octanol–water partition coefficient (Wildman–Crippen LogP) is 1.96. The van der Waals surface area contributed by atoms with Crippen molar-refractivity contribution in [2.45, 2.75) is 39.7 Å². The van der Waals surface area contributed by atoms with E-state index in [0.29, 0.717) is 13.2 Å². The van der Waals surface area contributed by atoms with Gasteiger partial charge in [0.2, 0.25) is 0 Å². The first-order valence-electron chi connectivity index (χ1n) is 7.04. The molecule has 0 unspecified atom stereocenters. The van der Waals surface area contributed by atoms with E-state index in [1.807, 2.05) is 13.8 Å². The number of ether oxygens (including phenoxy) is 1. The summed E-state index contributed by atoms with van der Waals surface area (Å²) in [5, 5.41) is 0. The summed E-state index contributed by atoms with van der Waals surface area (Å²) in [5.41, 5.74) is 0.704. The maximum Gasteiger partial charge on any atom is 0.259 e. The highest BCUT2D eigenvalue weighted by atomic mass is 16.5. The summed E-state index contributed by atoms with van der Waals surface area (Å²) in [7, 11) is 1.61. The number of rotatable bonds is 7. The summed E-state index contributed by atoms with van der Waals surface area (Å²) in [6, 6.07) is 1.58. The maximum absolute atomic E-state index is 12.6. The number of nitrogens with zero attached hydrogens (tertiary/aromatic N) is 1. The van der Waals surface area contributed by atoms with E-state index in [1.165, 1.54) is 12.3 Å². The van der Waals surface area contributed by atoms with Gasteiger partial charge in [-0.25, -0.2) is 0 Å². The Balaban J connectivity index is 3.05. The Morgan fingerprint density at radius 1 is 1.40 bits per heavy atom. The maximum atomic E-state index is 12.6. The molecule has 1 amide bonds. The average molecular weight is 280 g/mol. The molecule has 0 saturated heterocycles. The Morgan fingerprint density at radius 2 is 2.05 bits per heavy atom. The van der Waals surface area contributed by atoms with Crippen LogP contribution in [0.3, 0.4) is 0 Å².